The normalized spacial score (nSPS) is 19.3. The molecule has 2 aliphatic rings. The predicted octanol–water partition coefficient (Wildman–Crippen LogP) is 3.60. The number of carbonyl (C=O) groups is 2. The first-order valence-corrected chi connectivity index (χ1v) is 9.96. The van der Waals surface area contributed by atoms with E-state index in [1.165, 1.54) is 11.6 Å². The number of likely N-dealkylation sites (tertiary alicyclic amines) is 1. The second kappa shape index (κ2) is 7.62. The van der Waals surface area contributed by atoms with Crippen LogP contribution in [0.2, 0.25) is 0 Å². The second-order valence-corrected chi connectivity index (χ2v) is 7.79. The van der Waals surface area contributed by atoms with Crippen LogP contribution in [0.5, 0.6) is 0 Å². The third kappa shape index (κ3) is 3.46. The van der Waals surface area contributed by atoms with Crippen molar-refractivity contribution in [2.45, 2.75) is 44.4 Å². The molecule has 2 heterocycles. The third-order valence-electron chi connectivity index (χ3n) is 6.03. The standard InChI is InChI=1S/C22H26N4O2/c1-3-19(27)26-11-9-15(10-12-26)16-5-4-6-17(13-16)23-22(28)21-18-8-7-14(2)20(18)24-25-21/h3-6,13-15H,1,7-12H2,2H3,(H,23,28)(H,24,25). The summed E-state index contributed by atoms with van der Waals surface area (Å²) in [6.07, 6.45) is 5.18. The molecule has 146 valence electrons. The highest BCUT2D eigenvalue weighted by molar-refractivity contribution is 6.04. The van der Waals surface area contributed by atoms with Gasteiger partial charge in [-0.15, -0.1) is 0 Å². The summed E-state index contributed by atoms with van der Waals surface area (Å²) in [6.45, 7) is 7.20. The summed E-state index contributed by atoms with van der Waals surface area (Å²) in [7, 11) is 0. The number of amides is 2. The lowest BCUT2D eigenvalue weighted by molar-refractivity contribution is -0.127. The molecule has 2 amide bonds. The fourth-order valence-corrected chi connectivity index (χ4v) is 4.36. The number of carbonyl (C=O) groups excluding carboxylic acids is 2. The van der Waals surface area contributed by atoms with Gasteiger partial charge in [-0.2, -0.15) is 5.10 Å². The van der Waals surface area contributed by atoms with E-state index in [1.54, 1.807) is 0 Å². The van der Waals surface area contributed by atoms with Crippen molar-refractivity contribution in [2.75, 3.05) is 18.4 Å². The van der Waals surface area contributed by atoms with Crippen LogP contribution in [0.25, 0.3) is 0 Å². The number of piperidine rings is 1. The minimum atomic E-state index is -0.157. The number of rotatable bonds is 4. The van der Waals surface area contributed by atoms with Crippen molar-refractivity contribution in [3.63, 3.8) is 0 Å². The first-order chi connectivity index (χ1) is 13.6. The van der Waals surface area contributed by atoms with E-state index >= 15 is 0 Å². The summed E-state index contributed by atoms with van der Waals surface area (Å²) in [5.41, 5.74) is 4.65. The molecule has 1 saturated heterocycles. The molecular formula is C22H26N4O2. The van der Waals surface area contributed by atoms with Gasteiger partial charge in [0.15, 0.2) is 5.69 Å². The van der Waals surface area contributed by atoms with Gasteiger partial charge < -0.3 is 10.2 Å². The number of hydrogen-bond donors (Lipinski definition) is 2. The van der Waals surface area contributed by atoms with E-state index in [2.05, 4.69) is 35.1 Å². The number of benzene rings is 1. The van der Waals surface area contributed by atoms with E-state index in [9.17, 15) is 9.59 Å². The fourth-order valence-electron chi connectivity index (χ4n) is 4.36. The Morgan fingerprint density at radius 2 is 2.07 bits per heavy atom. The molecule has 1 atom stereocenters. The van der Waals surface area contributed by atoms with E-state index in [-0.39, 0.29) is 11.8 Å². The molecule has 1 aromatic heterocycles. The minimum absolute atomic E-state index is 0.000294. The molecule has 6 heteroatoms. The van der Waals surface area contributed by atoms with Crippen molar-refractivity contribution in [3.8, 4) is 0 Å². The maximum Gasteiger partial charge on any atom is 0.276 e. The van der Waals surface area contributed by atoms with E-state index in [0.717, 1.165) is 55.7 Å². The van der Waals surface area contributed by atoms with Crippen LogP contribution in [0.1, 0.15) is 65.3 Å². The Labute approximate surface area is 165 Å². The number of fused-ring (bicyclic) bond motifs is 1. The number of H-pyrrole nitrogens is 1. The van der Waals surface area contributed by atoms with Crippen LogP contribution in [-0.2, 0) is 11.2 Å². The molecule has 6 nitrogen and oxygen atoms in total. The summed E-state index contributed by atoms with van der Waals surface area (Å²) in [4.78, 5) is 26.3. The highest BCUT2D eigenvalue weighted by Crippen LogP contribution is 2.33. The molecule has 28 heavy (non-hydrogen) atoms. The Bertz CT molecular complexity index is 909. The van der Waals surface area contributed by atoms with Gasteiger partial charge in [0.25, 0.3) is 5.91 Å². The van der Waals surface area contributed by atoms with Gasteiger partial charge in [-0.25, -0.2) is 0 Å². The minimum Gasteiger partial charge on any atom is -0.339 e. The highest BCUT2D eigenvalue weighted by atomic mass is 16.2. The highest BCUT2D eigenvalue weighted by Gasteiger charge is 2.28. The quantitative estimate of drug-likeness (QED) is 0.798. The van der Waals surface area contributed by atoms with Gasteiger partial charge in [0.1, 0.15) is 0 Å². The lowest BCUT2D eigenvalue weighted by Crippen LogP contribution is -2.36. The van der Waals surface area contributed by atoms with E-state index in [1.807, 2.05) is 23.1 Å². The molecule has 0 bridgehead atoms. The number of aromatic amines is 1. The van der Waals surface area contributed by atoms with Crippen molar-refractivity contribution in [3.05, 3.63) is 59.4 Å². The van der Waals surface area contributed by atoms with E-state index in [0.29, 0.717) is 17.5 Å². The smallest absolute Gasteiger partial charge is 0.276 e. The van der Waals surface area contributed by atoms with Gasteiger partial charge in [-0.05, 0) is 61.3 Å². The van der Waals surface area contributed by atoms with Gasteiger partial charge in [0, 0.05) is 30.0 Å². The Hall–Kier alpha value is -2.89. The molecule has 1 aromatic carbocycles. The fraction of sp³-hybridized carbons (Fsp3) is 0.409. The predicted molar refractivity (Wildman–Crippen MR) is 108 cm³/mol. The first kappa shape index (κ1) is 18.5. The molecule has 1 aliphatic heterocycles. The number of nitrogens with one attached hydrogen (secondary N) is 2. The summed E-state index contributed by atoms with van der Waals surface area (Å²) in [5, 5.41) is 10.3. The van der Waals surface area contributed by atoms with Gasteiger partial charge in [-0.1, -0.05) is 25.6 Å². The van der Waals surface area contributed by atoms with Crippen molar-refractivity contribution in [1.29, 1.82) is 0 Å². The Morgan fingerprint density at radius 1 is 1.29 bits per heavy atom. The maximum atomic E-state index is 12.7. The van der Waals surface area contributed by atoms with Crippen LogP contribution in [0, 0.1) is 0 Å². The Kier molecular flexibility index (Phi) is 5.03. The maximum absolute atomic E-state index is 12.7. The Balaban J connectivity index is 1.43. The summed E-state index contributed by atoms with van der Waals surface area (Å²) in [6, 6.07) is 8.03. The number of hydrogen-bond acceptors (Lipinski definition) is 3. The van der Waals surface area contributed by atoms with Gasteiger partial charge >= 0.3 is 0 Å². The van der Waals surface area contributed by atoms with Crippen molar-refractivity contribution >= 4 is 17.5 Å². The zero-order valence-electron chi connectivity index (χ0n) is 16.2. The number of nitrogens with zero attached hydrogens (tertiary/aromatic N) is 2. The topological polar surface area (TPSA) is 78.1 Å². The first-order valence-electron chi connectivity index (χ1n) is 9.96. The summed E-state index contributed by atoms with van der Waals surface area (Å²) < 4.78 is 0. The molecule has 0 radical (unpaired) electrons. The summed E-state index contributed by atoms with van der Waals surface area (Å²) in [5.74, 6) is 0.669. The van der Waals surface area contributed by atoms with Crippen molar-refractivity contribution in [1.82, 2.24) is 15.1 Å². The largest absolute Gasteiger partial charge is 0.339 e. The lowest BCUT2D eigenvalue weighted by atomic mass is 9.89. The molecule has 4 rings (SSSR count). The monoisotopic (exact) mass is 378 g/mol. The molecule has 2 aromatic rings. The van der Waals surface area contributed by atoms with Crippen LogP contribution in [-0.4, -0.2) is 40.0 Å². The van der Waals surface area contributed by atoms with Gasteiger partial charge in [0.05, 0.1) is 0 Å². The van der Waals surface area contributed by atoms with E-state index < -0.39 is 0 Å². The SMILES string of the molecule is C=CC(=O)N1CCC(c2cccc(NC(=O)c3n[nH]c4c3CCC4C)c2)CC1. The van der Waals surface area contributed by atoms with Crippen molar-refractivity contribution in [2.24, 2.45) is 0 Å². The molecule has 0 spiro atoms. The third-order valence-corrected chi connectivity index (χ3v) is 6.03. The molecule has 0 saturated carbocycles. The number of aromatic nitrogens is 2. The molecule has 1 fully saturated rings. The van der Waals surface area contributed by atoms with Crippen LogP contribution >= 0.6 is 0 Å². The van der Waals surface area contributed by atoms with Crippen molar-refractivity contribution < 1.29 is 9.59 Å². The average molecular weight is 378 g/mol. The molecule has 2 N–H and O–H groups in total. The van der Waals surface area contributed by atoms with Crippen LogP contribution in [0.15, 0.2) is 36.9 Å². The Morgan fingerprint density at radius 3 is 2.82 bits per heavy atom. The van der Waals surface area contributed by atoms with Gasteiger partial charge in [0.2, 0.25) is 5.91 Å². The van der Waals surface area contributed by atoms with Crippen LogP contribution in [0.3, 0.4) is 0 Å². The second-order valence-electron chi connectivity index (χ2n) is 7.79. The summed E-state index contributed by atoms with van der Waals surface area (Å²) >= 11 is 0. The lowest BCUT2D eigenvalue weighted by Gasteiger charge is -2.31. The number of anilines is 1. The zero-order valence-corrected chi connectivity index (χ0v) is 16.2. The molecule has 1 aliphatic carbocycles. The van der Waals surface area contributed by atoms with Gasteiger partial charge in [-0.3, -0.25) is 14.7 Å². The van der Waals surface area contributed by atoms with Crippen LogP contribution < -0.4 is 5.32 Å². The molecular weight excluding hydrogens is 352 g/mol. The van der Waals surface area contributed by atoms with E-state index in [4.69, 9.17) is 0 Å². The average Bonchev–Trinajstić information content (AvgIpc) is 3.31. The van der Waals surface area contributed by atoms with Crippen LogP contribution in [0.4, 0.5) is 5.69 Å². The zero-order chi connectivity index (χ0) is 19.7. The molecule has 1 unspecified atom stereocenters.